The number of imidazole rings is 1. The van der Waals surface area contributed by atoms with Crippen molar-refractivity contribution in [3.05, 3.63) is 53.9 Å². The zero-order valence-electron chi connectivity index (χ0n) is 9.78. The number of hydrogen-bond acceptors (Lipinski definition) is 2. The molecular weight excluding hydrogens is 217 g/mol. The molecule has 17 heavy (non-hydrogen) atoms. The van der Waals surface area contributed by atoms with Crippen LogP contribution in [0.4, 0.5) is 4.39 Å². The van der Waals surface area contributed by atoms with E-state index in [0.29, 0.717) is 0 Å². The molecule has 0 radical (unpaired) electrons. The number of aromatic amines is 1. The first-order valence-corrected chi connectivity index (χ1v) is 5.73. The number of benzene rings is 1. The fourth-order valence-corrected chi connectivity index (χ4v) is 1.71. The Labute approximate surface area is 100 Å². The molecule has 1 atom stereocenters. The Kier molecular flexibility index (Phi) is 3.88. The number of hydrogen-bond donors (Lipinski definition) is 2. The molecule has 1 unspecified atom stereocenters. The lowest BCUT2D eigenvalue weighted by atomic mass is 10.1. The van der Waals surface area contributed by atoms with Crippen molar-refractivity contribution < 1.29 is 4.39 Å². The van der Waals surface area contributed by atoms with Crippen molar-refractivity contribution in [1.29, 1.82) is 0 Å². The van der Waals surface area contributed by atoms with E-state index in [-0.39, 0.29) is 11.9 Å². The van der Waals surface area contributed by atoms with Gasteiger partial charge in [0.05, 0.1) is 0 Å². The van der Waals surface area contributed by atoms with Gasteiger partial charge in [-0.05, 0) is 24.6 Å². The molecule has 0 fully saturated rings. The molecule has 2 rings (SSSR count). The zero-order valence-corrected chi connectivity index (χ0v) is 9.78. The van der Waals surface area contributed by atoms with E-state index in [2.05, 4.69) is 22.2 Å². The van der Waals surface area contributed by atoms with Gasteiger partial charge >= 0.3 is 0 Å². The van der Waals surface area contributed by atoms with Crippen LogP contribution in [0.15, 0.2) is 36.7 Å². The summed E-state index contributed by atoms with van der Waals surface area (Å²) >= 11 is 0. The van der Waals surface area contributed by atoms with Crippen LogP contribution in [0, 0.1) is 5.82 Å². The molecule has 0 spiro atoms. The number of nitrogens with one attached hydrogen (secondary N) is 2. The van der Waals surface area contributed by atoms with E-state index in [1.54, 1.807) is 18.3 Å². The van der Waals surface area contributed by atoms with Crippen molar-refractivity contribution in [3.8, 4) is 0 Å². The Morgan fingerprint density at radius 3 is 2.76 bits per heavy atom. The first-order valence-electron chi connectivity index (χ1n) is 5.73. The molecule has 0 saturated carbocycles. The molecule has 4 heteroatoms. The van der Waals surface area contributed by atoms with Crippen LogP contribution in [-0.4, -0.2) is 16.5 Å². The highest BCUT2D eigenvalue weighted by Crippen LogP contribution is 2.12. The second-order valence-electron chi connectivity index (χ2n) is 4.01. The van der Waals surface area contributed by atoms with Crippen LogP contribution in [0.5, 0.6) is 0 Å². The molecule has 1 heterocycles. The molecule has 1 aromatic carbocycles. The van der Waals surface area contributed by atoms with Crippen LogP contribution >= 0.6 is 0 Å². The summed E-state index contributed by atoms with van der Waals surface area (Å²) < 4.78 is 12.8. The standard InChI is InChI=1S/C13H16FN3/c1-10(11-2-4-12(14)5-3-11)15-7-6-13-16-8-9-17-13/h2-5,8-10,15H,6-7H2,1H3,(H,16,17). The quantitative estimate of drug-likeness (QED) is 0.832. The number of H-pyrrole nitrogens is 1. The van der Waals surface area contributed by atoms with Crippen LogP contribution in [0.3, 0.4) is 0 Å². The van der Waals surface area contributed by atoms with Gasteiger partial charge in [-0.3, -0.25) is 0 Å². The molecule has 1 aromatic heterocycles. The number of rotatable bonds is 5. The minimum absolute atomic E-state index is 0.198. The monoisotopic (exact) mass is 233 g/mol. The van der Waals surface area contributed by atoms with Gasteiger partial charge in [0.1, 0.15) is 11.6 Å². The molecule has 0 saturated heterocycles. The van der Waals surface area contributed by atoms with Crippen molar-refractivity contribution in [2.75, 3.05) is 6.54 Å². The van der Waals surface area contributed by atoms with Gasteiger partial charge < -0.3 is 10.3 Å². The molecule has 90 valence electrons. The van der Waals surface area contributed by atoms with Gasteiger partial charge in [0, 0.05) is 31.4 Å². The topological polar surface area (TPSA) is 40.7 Å². The largest absolute Gasteiger partial charge is 0.349 e. The fraction of sp³-hybridized carbons (Fsp3) is 0.308. The molecule has 0 aliphatic heterocycles. The third-order valence-corrected chi connectivity index (χ3v) is 2.74. The first-order chi connectivity index (χ1) is 8.25. The van der Waals surface area contributed by atoms with Crippen molar-refractivity contribution in [2.45, 2.75) is 19.4 Å². The van der Waals surface area contributed by atoms with E-state index in [0.717, 1.165) is 24.4 Å². The maximum atomic E-state index is 12.8. The van der Waals surface area contributed by atoms with Gasteiger partial charge in [-0.15, -0.1) is 0 Å². The fourth-order valence-electron chi connectivity index (χ4n) is 1.71. The summed E-state index contributed by atoms with van der Waals surface area (Å²) in [6.45, 7) is 2.90. The van der Waals surface area contributed by atoms with Gasteiger partial charge in [-0.2, -0.15) is 0 Å². The Balaban J connectivity index is 1.81. The average Bonchev–Trinajstić information content (AvgIpc) is 2.83. The maximum Gasteiger partial charge on any atom is 0.123 e. The van der Waals surface area contributed by atoms with Gasteiger partial charge in [0.25, 0.3) is 0 Å². The molecule has 2 aromatic rings. The van der Waals surface area contributed by atoms with Crippen LogP contribution in [0.25, 0.3) is 0 Å². The SMILES string of the molecule is CC(NCCc1ncc[nH]1)c1ccc(F)cc1. The minimum atomic E-state index is -0.198. The maximum absolute atomic E-state index is 12.8. The summed E-state index contributed by atoms with van der Waals surface area (Å²) in [5, 5.41) is 3.37. The van der Waals surface area contributed by atoms with Gasteiger partial charge in [0.15, 0.2) is 0 Å². The van der Waals surface area contributed by atoms with Crippen LogP contribution < -0.4 is 5.32 Å². The highest BCUT2D eigenvalue weighted by molar-refractivity contribution is 5.19. The second kappa shape index (κ2) is 5.59. The molecule has 0 amide bonds. The smallest absolute Gasteiger partial charge is 0.123 e. The Bertz CT molecular complexity index is 436. The van der Waals surface area contributed by atoms with E-state index in [1.165, 1.54) is 12.1 Å². The van der Waals surface area contributed by atoms with Crippen LogP contribution in [0.2, 0.25) is 0 Å². The van der Waals surface area contributed by atoms with Crippen LogP contribution in [-0.2, 0) is 6.42 Å². The van der Waals surface area contributed by atoms with E-state index in [9.17, 15) is 4.39 Å². The highest BCUT2D eigenvalue weighted by Gasteiger charge is 2.04. The molecule has 0 aliphatic rings. The van der Waals surface area contributed by atoms with Gasteiger partial charge in [0.2, 0.25) is 0 Å². The molecule has 0 bridgehead atoms. The number of nitrogens with zero attached hydrogens (tertiary/aromatic N) is 1. The van der Waals surface area contributed by atoms with E-state index < -0.39 is 0 Å². The molecule has 0 aliphatic carbocycles. The summed E-state index contributed by atoms with van der Waals surface area (Å²) in [5.41, 5.74) is 1.09. The summed E-state index contributed by atoms with van der Waals surface area (Å²) in [6, 6.07) is 6.80. The normalized spacial score (nSPS) is 12.6. The second-order valence-corrected chi connectivity index (χ2v) is 4.01. The minimum Gasteiger partial charge on any atom is -0.349 e. The third-order valence-electron chi connectivity index (χ3n) is 2.74. The van der Waals surface area contributed by atoms with Crippen molar-refractivity contribution in [3.63, 3.8) is 0 Å². The lowest BCUT2D eigenvalue weighted by Crippen LogP contribution is -2.21. The van der Waals surface area contributed by atoms with E-state index in [4.69, 9.17) is 0 Å². The molecule has 3 nitrogen and oxygen atoms in total. The lowest BCUT2D eigenvalue weighted by Gasteiger charge is -2.13. The summed E-state index contributed by atoms with van der Waals surface area (Å²) in [5.74, 6) is 0.778. The average molecular weight is 233 g/mol. The Morgan fingerprint density at radius 2 is 2.12 bits per heavy atom. The molecular formula is C13H16FN3. The van der Waals surface area contributed by atoms with E-state index >= 15 is 0 Å². The van der Waals surface area contributed by atoms with Gasteiger partial charge in [-0.1, -0.05) is 12.1 Å². The Hall–Kier alpha value is -1.68. The Morgan fingerprint density at radius 1 is 1.35 bits per heavy atom. The first kappa shape index (κ1) is 11.8. The van der Waals surface area contributed by atoms with Crippen molar-refractivity contribution in [1.82, 2.24) is 15.3 Å². The van der Waals surface area contributed by atoms with Crippen molar-refractivity contribution >= 4 is 0 Å². The van der Waals surface area contributed by atoms with Crippen LogP contribution in [0.1, 0.15) is 24.4 Å². The number of halogens is 1. The highest BCUT2D eigenvalue weighted by atomic mass is 19.1. The number of aromatic nitrogens is 2. The molecule has 2 N–H and O–H groups in total. The van der Waals surface area contributed by atoms with E-state index in [1.807, 2.05) is 6.20 Å². The summed E-state index contributed by atoms with van der Waals surface area (Å²) in [7, 11) is 0. The van der Waals surface area contributed by atoms with Crippen molar-refractivity contribution in [2.24, 2.45) is 0 Å². The lowest BCUT2D eigenvalue weighted by molar-refractivity contribution is 0.568. The zero-order chi connectivity index (χ0) is 12.1. The predicted molar refractivity (Wildman–Crippen MR) is 65.1 cm³/mol. The summed E-state index contributed by atoms with van der Waals surface area (Å²) in [4.78, 5) is 7.21. The van der Waals surface area contributed by atoms with Gasteiger partial charge in [-0.25, -0.2) is 9.37 Å². The third kappa shape index (κ3) is 3.39. The predicted octanol–water partition coefficient (Wildman–Crippen LogP) is 2.44. The summed E-state index contributed by atoms with van der Waals surface area (Å²) in [6.07, 6.45) is 4.43.